The summed E-state index contributed by atoms with van der Waals surface area (Å²) in [5.41, 5.74) is 1.94. The number of aliphatic hydroxyl groups is 1. The minimum atomic E-state index is -0.872. The maximum absolute atomic E-state index is 13.2. The average molecular weight is 442 g/mol. The number of nitrogens with one attached hydrogen (secondary N) is 1. The lowest BCUT2D eigenvalue weighted by Gasteiger charge is -2.26. The van der Waals surface area contributed by atoms with Crippen molar-refractivity contribution in [1.29, 1.82) is 0 Å². The normalized spacial score (nSPS) is 17.2. The van der Waals surface area contributed by atoms with Crippen LogP contribution in [0, 0.1) is 0 Å². The van der Waals surface area contributed by atoms with Gasteiger partial charge in [0.25, 0.3) is 11.7 Å². The summed E-state index contributed by atoms with van der Waals surface area (Å²) in [4.78, 5) is 39.2. The van der Waals surface area contributed by atoms with Gasteiger partial charge in [-0.1, -0.05) is 48.5 Å². The van der Waals surface area contributed by atoms with E-state index in [1.807, 2.05) is 0 Å². The van der Waals surface area contributed by atoms with E-state index in [1.165, 1.54) is 11.8 Å². The van der Waals surface area contributed by atoms with Gasteiger partial charge in [-0.05, 0) is 35.9 Å². The van der Waals surface area contributed by atoms with E-state index in [9.17, 15) is 19.5 Å². The molecule has 1 fully saturated rings. The minimum absolute atomic E-state index is 0.0127. The average Bonchev–Trinajstić information content (AvgIpc) is 3.09. The fourth-order valence-corrected chi connectivity index (χ4v) is 3.89. The molecule has 3 aromatic carbocycles. The fraction of sp³-hybridized carbons (Fsp3) is 0.115. The van der Waals surface area contributed by atoms with Crippen molar-refractivity contribution in [3.63, 3.8) is 0 Å². The van der Waals surface area contributed by atoms with E-state index in [4.69, 9.17) is 4.74 Å². The molecule has 2 N–H and O–H groups in total. The summed E-state index contributed by atoms with van der Waals surface area (Å²) in [7, 11) is 1.55. The van der Waals surface area contributed by atoms with E-state index >= 15 is 0 Å². The van der Waals surface area contributed by atoms with Crippen LogP contribution in [0.5, 0.6) is 5.75 Å². The van der Waals surface area contributed by atoms with Crippen LogP contribution in [0.1, 0.15) is 24.1 Å². The Morgan fingerprint density at radius 3 is 2.30 bits per heavy atom. The van der Waals surface area contributed by atoms with Gasteiger partial charge in [-0.15, -0.1) is 0 Å². The first-order valence-corrected chi connectivity index (χ1v) is 10.3. The first kappa shape index (κ1) is 21.8. The lowest BCUT2D eigenvalue weighted by molar-refractivity contribution is -0.132. The maximum atomic E-state index is 13.2. The second kappa shape index (κ2) is 9.00. The molecule has 0 aliphatic carbocycles. The number of carbonyl (C=O) groups is 3. The van der Waals surface area contributed by atoms with Crippen LogP contribution in [-0.2, 0) is 14.4 Å². The van der Waals surface area contributed by atoms with E-state index in [2.05, 4.69) is 5.32 Å². The van der Waals surface area contributed by atoms with Crippen molar-refractivity contribution in [2.75, 3.05) is 17.3 Å². The van der Waals surface area contributed by atoms with Crippen molar-refractivity contribution in [3.8, 4) is 5.75 Å². The highest BCUT2D eigenvalue weighted by molar-refractivity contribution is 6.51. The molecule has 1 heterocycles. The summed E-state index contributed by atoms with van der Waals surface area (Å²) in [5.74, 6) is -1.46. The zero-order chi connectivity index (χ0) is 23.5. The molecular weight excluding hydrogens is 420 g/mol. The standard InChI is InChI=1S/C26H22N2O5/c1-16(29)27-19-9-6-10-20(15-19)28-23(17-11-13-21(33-2)14-12-17)22(25(31)26(28)32)24(30)18-7-4-3-5-8-18/h3-15,23,30H,1-2H3,(H,27,29)/b24-22+. The summed E-state index contributed by atoms with van der Waals surface area (Å²) >= 11 is 0. The van der Waals surface area contributed by atoms with Crippen LogP contribution in [0.25, 0.3) is 5.76 Å². The minimum Gasteiger partial charge on any atom is -0.507 e. The van der Waals surface area contributed by atoms with Gasteiger partial charge >= 0.3 is 0 Å². The third-order valence-corrected chi connectivity index (χ3v) is 5.37. The van der Waals surface area contributed by atoms with Crippen molar-refractivity contribution in [2.24, 2.45) is 0 Å². The second-order valence-corrected chi connectivity index (χ2v) is 7.54. The fourth-order valence-electron chi connectivity index (χ4n) is 3.89. The van der Waals surface area contributed by atoms with Crippen LogP contribution in [0.2, 0.25) is 0 Å². The lowest BCUT2D eigenvalue weighted by atomic mass is 9.95. The Bertz CT molecular complexity index is 1250. The highest BCUT2D eigenvalue weighted by atomic mass is 16.5. The Balaban J connectivity index is 1.90. The molecule has 3 aromatic rings. The molecule has 1 unspecified atom stereocenters. The zero-order valence-electron chi connectivity index (χ0n) is 18.1. The number of hydrogen-bond acceptors (Lipinski definition) is 5. The van der Waals surface area contributed by atoms with Gasteiger partial charge in [-0.3, -0.25) is 19.3 Å². The highest BCUT2D eigenvalue weighted by Gasteiger charge is 2.47. The molecule has 0 saturated carbocycles. The molecule has 0 aromatic heterocycles. The number of aliphatic hydroxyl groups excluding tert-OH is 1. The van der Waals surface area contributed by atoms with Gasteiger partial charge in [0.05, 0.1) is 18.7 Å². The van der Waals surface area contributed by atoms with Crippen LogP contribution in [0.4, 0.5) is 11.4 Å². The number of hydrogen-bond donors (Lipinski definition) is 2. The molecular formula is C26H22N2O5. The number of rotatable bonds is 5. The van der Waals surface area contributed by atoms with Crippen molar-refractivity contribution >= 4 is 34.7 Å². The molecule has 0 radical (unpaired) electrons. The largest absolute Gasteiger partial charge is 0.507 e. The topological polar surface area (TPSA) is 95.9 Å². The summed E-state index contributed by atoms with van der Waals surface area (Å²) < 4.78 is 5.23. The molecule has 33 heavy (non-hydrogen) atoms. The Hall–Kier alpha value is -4.39. The first-order chi connectivity index (χ1) is 15.9. The van der Waals surface area contributed by atoms with Crippen LogP contribution in [0.15, 0.2) is 84.4 Å². The molecule has 4 rings (SSSR count). The zero-order valence-corrected chi connectivity index (χ0v) is 18.1. The van der Waals surface area contributed by atoms with E-state index in [0.717, 1.165) is 0 Å². The second-order valence-electron chi connectivity index (χ2n) is 7.54. The SMILES string of the molecule is COc1ccc(C2/C(=C(\O)c3ccccc3)C(=O)C(=O)N2c2cccc(NC(C)=O)c2)cc1. The Morgan fingerprint density at radius 2 is 1.67 bits per heavy atom. The Kier molecular flexibility index (Phi) is 5.95. The molecule has 7 heteroatoms. The van der Waals surface area contributed by atoms with Gasteiger partial charge in [-0.2, -0.15) is 0 Å². The summed E-state index contributed by atoms with van der Waals surface area (Å²) in [6.07, 6.45) is 0. The number of benzene rings is 3. The molecule has 1 aliphatic rings. The molecule has 1 aliphatic heterocycles. The van der Waals surface area contributed by atoms with E-state index in [1.54, 1.807) is 86.0 Å². The number of carbonyl (C=O) groups excluding carboxylic acids is 3. The van der Waals surface area contributed by atoms with Crippen molar-refractivity contribution in [2.45, 2.75) is 13.0 Å². The third kappa shape index (κ3) is 4.21. The summed E-state index contributed by atoms with van der Waals surface area (Å²) in [6.45, 7) is 1.39. The van der Waals surface area contributed by atoms with Gasteiger partial charge in [0.2, 0.25) is 5.91 Å². The predicted molar refractivity (Wildman–Crippen MR) is 125 cm³/mol. The van der Waals surface area contributed by atoms with Gasteiger partial charge < -0.3 is 15.2 Å². The summed E-state index contributed by atoms with van der Waals surface area (Å²) in [6, 6.07) is 21.4. The number of Topliss-reactive ketones (excluding diaryl/α,β-unsaturated/α-hetero) is 1. The van der Waals surface area contributed by atoms with Gasteiger partial charge in [0, 0.05) is 23.9 Å². The van der Waals surface area contributed by atoms with Crippen LogP contribution in [-0.4, -0.2) is 29.8 Å². The quantitative estimate of drug-likeness (QED) is 0.349. The molecule has 2 amide bonds. The lowest BCUT2D eigenvalue weighted by Crippen LogP contribution is -2.29. The first-order valence-electron chi connectivity index (χ1n) is 10.3. The number of ether oxygens (including phenoxy) is 1. The van der Waals surface area contributed by atoms with E-state index < -0.39 is 17.7 Å². The number of amides is 2. The molecule has 166 valence electrons. The van der Waals surface area contributed by atoms with Crippen molar-refractivity contribution in [3.05, 3.63) is 95.6 Å². The third-order valence-electron chi connectivity index (χ3n) is 5.37. The van der Waals surface area contributed by atoms with Crippen LogP contribution >= 0.6 is 0 Å². The smallest absolute Gasteiger partial charge is 0.300 e. The maximum Gasteiger partial charge on any atom is 0.300 e. The molecule has 1 saturated heterocycles. The molecule has 0 spiro atoms. The van der Waals surface area contributed by atoms with Gasteiger partial charge in [0.15, 0.2) is 0 Å². The Morgan fingerprint density at radius 1 is 0.970 bits per heavy atom. The number of nitrogens with zero attached hydrogens (tertiary/aromatic N) is 1. The van der Waals surface area contributed by atoms with Crippen molar-refractivity contribution < 1.29 is 24.2 Å². The van der Waals surface area contributed by atoms with Crippen LogP contribution < -0.4 is 15.0 Å². The molecule has 1 atom stereocenters. The van der Waals surface area contributed by atoms with Gasteiger partial charge in [-0.25, -0.2) is 0 Å². The van der Waals surface area contributed by atoms with Gasteiger partial charge in [0.1, 0.15) is 11.5 Å². The highest BCUT2D eigenvalue weighted by Crippen LogP contribution is 2.42. The summed E-state index contributed by atoms with van der Waals surface area (Å²) in [5, 5.41) is 13.8. The molecule has 0 bridgehead atoms. The molecule has 7 nitrogen and oxygen atoms in total. The predicted octanol–water partition coefficient (Wildman–Crippen LogP) is 4.28. The number of methoxy groups -OCH3 is 1. The van der Waals surface area contributed by atoms with E-state index in [-0.39, 0.29) is 17.2 Å². The number of anilines is 2. The number of ketones is 1. The monoisotopic (exact) mass is 442 g/mol. The van der Waals surface area contributed by atoms with Crippen LogP contribution in [0.3, 0.4) is 0 Å². The van der Waals surface area contributed by atoms with E-state index in [0.29, 0.717) is 28.3 Å². The Labute approximate surface area is 190 Å². The van der Waals surface area contributed by atoms with Crippen molar-refractivity contribution in [1.82, 2.24) is 0 Å².